The van der Waals surface area contributed by atoms with E-state index in [1.807, 2.05) is 43.1 Å². The predicted molar refractivity (Wildman–Crippen MR) is 99.9 cm³/mol. The third-order valence-electron chi connectivity index (χ3n) is 6.36. The van der Waals surface area contributed by atoms with Crippen molar-refractivity contribution in [3.63, 3.8) is 0 Å². The second-order valence-electron chi connectivity index (χ2n) is 7.73. The van der Waals surface area contributed by atoms with Crippen LogP contribution in [0, 0.1) is 24.7 Å². The Kier molecular flexibility index (Phi) is 4.24. The smallest absolute Gasteiger partial charge is 0.268 e. The molecular weight excluding hydrogens is 344 g/mol. The summed E-state index contributed by atoms with van der Waals surface area (Å²) in [4.78, 5) is 25.2. The van der Waals surface area contributed by atoms with Crippen LogP contribution in [0.1, 0.15) is 24.1 Å². The van der Waals surface area contributed by atoms with Gasteiger partial charge in [0.15, 0.2) is 0 Å². The van der Waals surface area contributed by atoms with Gasteiger partial charge in [-0.2, -0.15) is 5.01 Å². The Morgan fingerprint density at radius 1 is 1.33 bits per heavy atom. The summed E-state index contributed by atoms with van der Waals surface area (Å²) >= 11 is 0. The molecule has 1 aromatic rings. The number of amides is 2. The highest BCUT2D eigenvalue weighted by Crippen LogP contribution is 2.60. The maximum absolute atomic E-state index is 12.8. The van der Waals surface area contributed by atoms with E-state index in [9.17, 15) is 9.59 Å². The van der Waals surface area contributed by atoms with Gasteiger partial charge in [0.1, 0.15) is 11.2 Å². The van der Waals surface area contributed by atoms with Crippen molar-refractivity contribution in [2.75, 3.05) is 20.3 Å². The Balaban J connectivity index is 1.78. The molecule has 1 saturated heterocycles. The summed E-state index contributed by atoms with van der Waals surface area (Å²) < 4.78 is 5.52. The van der Waals surface area contributed by atoms with Gasteiger partial charge in [0.2, 0.25) is 5.91 Å². The summed E-state index contributed by atoms with van der Waals surface area (Å²) in [6.45, 7) is 5.35. The molecule has 2 fully saturated rings. The van der Waals surface area contributed by atoms with Crippen LogP contribution in [0.25, 0.3) is 0 Å². The topological polar surface area (TPSA) is 96.7 Å². The van der Waals surface area contributed by atoms with Gasteiger partial charge >= 0.3 is 0 Å². The maximum Gasteiger partial charge on any atom is 0.268 e. The second-order valence-corrected chi connectivity index (χ2v) is 7.73. The fraction of sp³-hybridized carbons (Fsp3) is 0.500. The summed E-state index contributed by atoms with van der Waals surface area (Å²) in [6.07, 6.45) is 1.73. The Bertz CT molecular complexity index is 813. The highest BCUT2D eigenvalue weighted by atomic mass is 16.5. The van der Waals surface area contributed by atoms with E-state index < -0.39 is 11.4 Å². The minimum atomic E-state index is -1.05. The average molecular weight is 370 g/mol. The molecule has 144 valence electrons. The van der Waals surface area contributed by atoms with Crippen LogP contribution in [-0.4, -0.2) is 42.6 Å². The van der Waals surface area contributed by atoms with Crippen LogP contribution >= 0.6 is 0 Å². The van der Waals surface area contributed by atoms with Gasteiger partial charge in [-0.25, -0.2) is 0 Å². The number of likely N-dealkylation sites (N-methyl/N-ethyl adjacent to an activating group) is 1. The van der Waals surface area contributed by atoms with E-state index in [1.54, 1.807) is 13.1 Å². The van der Waals surface area contributed by atoms with Crippen LogP contribution in [0.5, 0.6) is 0 Å². The largest absolute Gasteiger partial charge is 0.381 e. The van der Waals surface area contributed by atoms with Crippen molar-refractivity contribution < 1.29 is 14.3 Å². The number of nitrogens with two attached hydrogens (primary N) is 1. The summed E-state index contributed by atoms with van der Waals surface area (Å²) in [5, 5.41) is 4.51. The lowest BCUT2D eigenvalue weighted by molar-refractivity contribution is -0.132. The van der Waals surface area contributed by atoms with Crippen LogP contribution in [0.4, 0.5) is 0 Å². The van der Waals surface area contributed by atoms with Gasteiger partial charge in [-0.15, -0.1) is 0 Å². The first kappa shape index (κ1) is 18.0. The minimum absolute atomic E-state index is 0.0462. The Labute approximate surface area is 158 Å². The van der Waals surface area contributed by atoms with Crippen molar-refractivity contribution in [1.29, 1.82) is 0 Å². The fourth-order valence-corrected chi connectivity index (χ4v) is 4.91. The number of hydrazine groups is 1. The average Bonchev–Trinajstić information content (AvgIpc) is 3.02. The molecule has 1 aliphatic carbocycles. The zero-order chi connectivity index (χ0) is 19.3. The number of fused-ring (bicyclic) bond motifs is 1. The zero-order valence-electron chi connectivity index (χ0n) is 15.9. The lowest BCUT2D eigenvalue weighted by Gasteiger charge is -2.40. The van der Waals surface area contributed by atoms with Crippen molar-refractivity contribution in [2.45, 2.75) is 25.4 Å². The molecule has 1 saturated carbocycles. The van der Waals surface area contributed by atoms with E-state index in [0.29, 0.717) is 30.7 Å². The molecule has 2 unspecified atom stereocenters. The molecule has 7 nitrogen and oxygen atoms in total. The number of carbonyl (C=O) groups excluding carboxylic acids is 2. The number of carbonyl (C=O) groups is 2. The van der Waals surface area contributed by atoms with Gasteiger partial charge in [0.25, 0.3) is 5.91 Å². The third-order valence-corrected chi connectivity index (χ3v) is 6.36. The van der Waals surface area contributed by atoms with Gasteiger partial charge in [-0.3, -0.25) is 9.59 Å². The number of hydrogen-bond donors (Lipinski definition) is 3. The Morgan fingerprint density at radius 3 is 2.59 bits per heavy atom. The Morgan fingerprint density at radius 2 is 2.00 bits per heavy atom. The van der Waals surface area contributed by atoms with Crippen LogP contribution in [0.15, 0.2) is 36.0 Å². The highest BCUT2D eigenvalue weighted by Gasteiger charge is 2.69. The lowest BCUT2D eigenvalue weighted by Crippen LogP contribution is -2.60. The summed E-state index contributed by atoms with van der Waals surface area (Å²) in [6, 6.07) is 7.90. The van der Waals surface area contributed by atoms with Crippen molar-refractivity contribution in [1.82, 2.24) is 15.8 Å². The number of benzene rings is 1. The van der Waals surface area contributed by atoms with E-state index in [1.165, 1.54) is 0 Å². The summed E-state index contributed by atoms with van der Waals surface area (Å²) in [7, 11) is 1.57. The monoisotopic (exact) mass is 370 g/mol. The fourth-order valence-electron chi connectivity index (χ4n) is 4.91. The van der Waals surface area contributed by atoms with Crippen LogP contribution in [-0.2, 0) is 14.3 Å². The number of rotatable bonds is 5. The molecule has 0 bridgehead atoms. The number of ether oxygens (including phenoxy) is 1. The number of nitrogens with one attached hydrogen (secondary N) is 2. The molecule has 0 radical (unpaired) electrons. The van der Waals surface area contributed by atoms with E-state index in [4.69, 9.17) is 10.5 Å². The van der Waals surface area contributed by atoms with Crippen LogP contribution in [0.3, 0.4) is 0 Å². The minimum Gasteiger partial charge on any atom is -0.381 e. The molecule has 7 heteroatoms. The van der Waals surface area contributed by atoms with Crippen LogP contribution in [0.2, 0.25) is 0 Å². The molecule has 4 rings (SSSR count). The SMILES string of the molecule is CNC(=O)C1=CC(C(N)=O)(C2[C@H]3COC[C@@H]23)N([C@@H](C)c2ccccc2C)N1. The molecule has 2 amide bonds. The first-order valence-corrected chi connectivity index (χ1v) is 9.36. The van der Waals surface area contributed by atoms with Gasteiger partial charge in [-0.1, -0.05) is 24.3 Å². The molecule has 0 aromatic heterocycles. The van der Waals surface area contributed by atoms with Crippen LogP contribution < -0.4 is 16.5 Å². The second kappa shape index (κ2) is 6.35. The van der Waals surface area contributed by atoms with Crippen molar-refractivity contribution in [2.24, 2.45) is 23.5 Å². The van der Waals surface area contributed by atoms with E-state index in [0.717, 1.165) is 11.1 Å². The molecule has 0 spiro atoms. The Hall–Kier alpha value is -2.38. The standard InChI is InChI=1S/C20H26N4O3/c1-11-6-4-5-7-13(11)12(2)24-20(19(21)26,8-16(23-24)18(25)22-3)17-14-9-27-10-15(14)17/h4-8,12,14-15,17,23H,9-10H2,1-3H3,(H2,21,26)(H,22,25)/t12-,14-,15+,17?,20?/m0/s1. The van der Waals surface area contributed by atoms with Gasteiger partial charge in [-0.05, 0) is 42.9 Å². The molecular formula is C20H26N4O3. The predicted octanol–water partition coefficient (Wildman–Crippen LogP) is 0.623. The van der Waals surface area contributed by atoms with E-state index in [-0.39, 0.29) is 17.9 Å². The summed E-state index contributed by atoms with van der Waals surface area (Å²) in [5.74, 6) is -0.0573. The van der Waals surface area contributed by atoms with Gasteiger partial charge in [0.05, 0.1) is 19.3 Å². The van der Waals surface area contributed by atoms with Crippen molar-refractivity contribution >= 4 is 11.8 Å². The van der Waals surface area contributed by atoms with E-state index in [2.05, 4.69) is 10.7 Å². The number of aryl methyl sites for hydroxylation is 1. The zero-order valence-corrected chi connectivity index (χ0v) is 15.9. The first-order valence-electron chi connectivity index (χ1n) is 9.36. The highest BCUT2D eigenvalue weighted by molar-refractivity contribution is 5.97. The number of hydrogen-bond acceptors (Lipinski definition) is 5. The number of nitrogens with zero attached hydrogens (tertiary/aromatic N) is 1. The van der Waals surface area contributed by atoms with Gasteiger partial charge < -0.3 is 21.2 Å². The molecule has 3 aliphatic rings. The van der Waals surface area contributed by atoms with E-state index >= 15 is 0 Å². The molecule has 2 heterocycles. The molecule has 5 atom stereocenters. The molecule has 2 aliphatic heterocycles. The number of primary amides is 1. The van der Waals surface area contributed by atoms with Crippen molar-refractivity contribution in [3.05, 3.63) is 47.2 Å². The quantitative estimate of drug-likeness (QED) is 0.706. The van der Waals surface area contributed by atoms with Crippen molar-refractivity contribution in [3.8, 4) is 0 Å². The summed E-state index contributed by atoms with van der Waals surface area (Å²) in [5.41, 5.74) is 10.7. The third kappa shape index (κ3) is 2.56. The normalized spacial score (nSPS) is 33.0. The lowest BCUT2D eigenvalue weighted by atomic mass is 9.86. The molecule has 27 heavy (non-hydrogen) atoms. The molecule has 4 N–H and O–H groups in total. The first-order chi connectivity index (χ1) is 12.9. The maximum atomic E-state index is 12.8. The van der Waals surface area contributed by atoms with Gasteiger partial charge in [0, 0.05) is 13.0 Å². The molecule has 1 aromatic carbocycles.